The highest BCUT2D eigenvalue weighted by molar-refractivity contribution is 6.31. The number of carbonyl (C=O) groups is 1. The van der Waals surface area contributed by atoms with Gasteiger partial charge >= 0.3 is 5.63 Å². The van der Waals surface area contributed by atoms with Crippen molar-refractivity contribution in [1.29, 1.82) is 0 Å². The van der Waals surface area contributed by atoms with E-state index in [9.17, 15) is 9.59 Å². The van der Waals surface area contributed by atoms with E-state index < -0.39 is 0 Å². The zero-order valence-electron chi connectivity index (χ0n) is 17.2. The van der Waals surface area contributed by atoms with Gasteiger partial charge in [-0.15, -0.1) is 0 Å². The molecule has 1 aliphatic heterocycles. The minimum Gasteiger partial charge on any atom is -0.423 e. The summed E-state index contributed by atoms with van der Waals surface area (Å²) in [5.74, 6) is 0.0470. The Morgan fingerprint density at radius 2 is 1.83 bits per heavy atom. The molecule has 4 rings (SSSR count). The number of anilines is 1. The number of piperidine rings is 1. The number of benzene rings is 2. The summed E-state index contributed by atoms with van der Waals surface area (Å²) in [6, 6.07) is 14.9. The molecule has 6 heteroatoms. The maximum atomic E-state index is 12.4. The van der Waals surface area contributed by atoms with Crippen molar-refractivity contribution in [2.45, 2.75) is 38.8 Å². The lowest BCUT2D eigenvalue weighted by Gasteiger charge is -2.41. The monoisotopic (exact) mass is 424 g/mol. The normalized spacial score (nSPS) is 15.8. The van der Waals surface area contributed by atoms with Crippen LogP contribution in [0.4, 0.5) is 5.69 Å². The first-order chi connectivity index (χ1) is 14.4. The van der Waals surface area contributed by atoms with Gasteiger partial charge in [0.15, 0.2) is 5.78 Å². The first-order valence-corrected chi connectivity index (χ1v) is 10.6. The van der Waals surface area contributed by atoms with Gasteiger partial charge < -0.3 is 14.6 Å². The number of hydrogen-bond donors (Lipinski definition) is 1. The number of fused-ring (bicyclic) bond motifs is 1. The summed E-state index contributed by atoms with van der Waals surface area (Å²) in [5.41, 5.74) is 2.76. The summed E-state index contributed by atoms with van der Waals surface area (Å²) in [4.78, 5) is 26.4. The molecule has 156 valence electrons. The third-order valence-electron chi connectivity index (χ3n) is 5.88. The number of rotatable bonds is 5. The van der Waals surface area contributed by atoms with Crippen LogP contribution in [0.25, 0.3) is 11.0 Å². The smallest absolute Gasteiger partial charge is 0.338 e. The zero-order valence-corrected chi connectivity index (χ0v) is 17.9. The van der Waals surface area contributed by atoms with E-state index in [0.717, 1.165) is 42.6 Å². The lowest BCUT2D eigenvalue weighted by molar-refractivity contribution is 0.101. The molecule has 30 heavy (non-hydrogen) atoms. The Morgan fingerprint density at radius 1 is 1.13 bits per heavy atom. The van der Waals surface area contributed by atoms with E-state index >= 15 is 0 Å². The van der Waals surface area contributed by atoms with Gasteiger partial charge in [0.1, 0.15) is 5.58 Å². The van der Waals surface area contributed by atoms with E-state index in [-0.39, 0.29) is 23.5 Å². The second-order valence-electron chi connectivity index (χ2n) is 7.83. The molecule has 0 amide bonds. The van der Waals surface area contributed by atoms with Gasteiger partial charge in [0.2, 0.25) is 0 Å². The fourth-order valence-electron chi connectivity index (χ4n) is 4.30. The molecule has 1 saturated heterocycles. The fraction of sp³-hybridized carbons (Fsp3) is 0.333. The highest BCUT2D eigenvalue weighted by Gasteiger charge is 2.28. The lowest BCUT2D eigenvalue weighted by atomic mass is 9.96. The maximum Gasteiger partial charge on any atom is 0.338 e. The topological polar surface area (TPSA) is 62.6 Å². The standard InChI is InChI=1S/C24H25ClN2O3/c1-15(17-3-5-18(6-4-17)16(2)28)27(20-9-11-26-12-10-20)22-14-24(29)30-23-8-7-19(25)13-21(22)23/h3-8,13-15,20,26H,9-12H2,1-2H3. The second kappa shape index (κ2) is 8.62. The molecule has 1 fully saturated rings. The number of Topliss-reactive ketones (excluding diaryl/α,β-unsaturated/α-hetero) is 1. The van der Waals surface area contributed by atoms with Gasteiger partial charge in [0.25, 0.3) is 0 Å². The van der Waals surface area contributed by atoms with Gasteiger partial charge in [0, 0.05) is 28.1 Å². The highest BCUT2D eigenvalue weighted by atomic mass is 35.5. The molecule has 0 spiro atoms. The van der Waals surface area contributed by atoms with E-state index in [2.05, 4.69) is 17.1 Å². The molecule has 3 aromatic rings. The van der Waals surface area contributed by atoms with Crippen LogP contribution in [-0.2, 0) is 0 Å². The van der Waals surface area contributed by atoms with Gasteiger partial charge in [-0.05, 0) is 63.5 Å². The Morgan fingerprint density at radius 3 is 2.50 bits per heavy atom. The molecule has 1 aromatic heterocycles. The van der Waals surface area contributed by atoms with Crippen LogP contribution in [0.15, 0.2) is 57.7 Å². The third kappa shape index (κ3) is 4.13. The van der Waals surface area contributed by atoms with Gasteiger partial charge in [-0.1, -0.05) is 35.9 Å². The minimum atomic E-state index is -0.377. The Bertz CT molecular complexity index is 1120. The van der Waals surface area contributed by atoms with Crippen molar-refractivity contribution in [2.75, 3.05) is 18.0 Å². The molecule has 1 atom stereocenters. The van der Waals surface area contributed by atoms with Gasteiger partial charge in [-0.3, -0.25) is 4.79 Å². The van der Waals surface area contributed by atoms with E-state index in [1.54, 1.807) is 25.1 Å². The number of carbonyl (C=O) groups excluding carboxylic acids is 1. The number of nitrogens with zero attached hydrogens (tertiary/aromatic N) is 1. The van der Waals surface area contributed by atoms with Crippen LogP contribution in [0.1, 0.15) is 48.7 Å². The molecular formula is C24H25ClN2O3. The molecule has 0 radical (unpaired) electrons. The summed E-state index contributed by atoms with van der Waals surface area (Å²) < 4.78 is 5.43. The van der Waals surface area contributed by atoms with E-state index in [4.69, 9.17) is 16.0 Å². The van der Waals surface area contributed by atoms with E-state index in [0.29, 0.717) is 16.2 Å². The average Bonchev–Trinajstić information content (AvgIpc) is 2.75. The summed E-state index contributed by atoms with van der Waals surface area (Å²) >= 11 is 6.28. The van der Waals surface area contributed by atoms with E-state index in [1.165, 1.54) is 0 Å². The minimum absolute atomic E-state index is 0.00177. The lowest BCUT2D eigenvalue weighted by Crippen LogP contribution is -2.44. The molecule has 1 unspecified atom stereocenters. The number of ketones is 1. The van der Waals surface area contributed by atoms with Crippen LogP contribution >= 0.6 is 11.6 Å². The van der Waals surface area contributed by atoms with Gasteiger partial charge in [-0.25, -0.2) is 4.79 Å². The summed E-state index contributed by atoms with van der Waals surface area (Å²) in [7, 11) is 0. The number of hydrogen-bond acceptors (Lipinski definition) is 5. The van der Waals surface area contributed by atoms with Crippen LogP contribution in [0, 0.1) is 0 Å². The molecule has 0 saturated carbocycles. The Kier molecular flexibility index (Phi) is 5.93. The predicted molar refractivity (Wildman–Crippen MR) is 121 cm³/mol. The first-order valence-electron chi connectivity index (χ1n) is 10.3. The Hall–Kier alpha value is -2.63. The van der Waals surface area contributed by atoms with Crippen LogP contribution in [-0.4, -0.2) is 24.9 Å². The van der Waals surface area contributed by atoms with Crippen LogP contribution < -0.4 is 15.8 Å². The Labute approximate surface area is 180 Å². The summed E-state index contributed by atoms with van der Waals surface area (Å²) in [5, 5.41) is 4.84. The Balaban J connectivity index is 1.85. The molecule has 0 aliphatic carbocycles. The van der Waals surface area contributed by atoms with Gasteiger partial charge in [-0.2, -0.15) is 0 Å². The molecule has 0 bridgehead atoms. The predicted octanol–water partition coefficient (Wildman–Crippen LogP) is 4.97. The zero-order chi connectivity index (χ0) is 21.3. The molecule has 2 aromatic carbocycles. The number of nitrogens with one attached hydrogen (secondary N) is 1. The quantitative estimate of drug-likeness (QED) is 0.463. The largest absolute Gasteiger partial charge is 0.423 e. The summed E-state index contributed by atoms with van der Waals surface area (Å²) in [6.07, 6.45) is 1.94. The third-order valence-corrected chi connectivity index (χ3v) is 6.11. The van der Waals surface area contributed by atoms with Crippen molar-refractivity contribution < 1.29 is 9.21 Å². The van der Waals surface area contributed by atoms with Crippen molar-refractivity contribution in [1.82, 2.24) is 5.32 Å². The molecule has 2 heterocycles. The SMILES string of the molecule is CC(=O)c1ccc(C(C)N(c2cc(=O)oc3ccc(Cl)cc23)C2CCNCC2)cc1. The van der Waals surface area contributed by atoms with Crippen LogP contribution in [0.2, 0.25) is 5.02 Å². The van der Waals surface area contributed by atoms with Crippen molar-refractivity contribution in [2.24, 2.45) is 0 Å². The maximum absolute atomic E-state index is 12.4. The highest BCUT2D eigenvalue weighted by Crippen LogP contribution is 2.36. The van der Waals surface area contributed by atoms with Crippen molar-refractivity contribution in [3.8, 4) is 0 Å². The van der Waals surface area contributed by atoms with Gasteiger partial charge in [0.05, 0.1) is 11.7 Å². The number of halogens is 1. The molecular weight excluding hydrogens is 400 g/mol. The molecule has 1 aliphatic rings. The van der Waals surface area contributed by atoms with Crippen molar-refractivity contribution in [3.05, 3.63) is 75.1 Å². The first kappa shape index (κ1) is 20.6. The van der Waals surface area contributed by atoms with E-state index in [1.807, 2.05) is 30.3 Å². The van der Waals surface area contributed by atoms with Crippen LogP contribution in [0.5, 0.6) is 0 Å². The average molecular weight is 425 g/mol. The summed E-state index contributed by atoms with van der Waals surface area (Å²) in [6.45, 7) is 5.56. The second-order valence-corrected chi connectivity index (χ2v) is 8.27. The molecule has 5 nitrogen and oxygen atoms in total. The van der Waals surface area contributed by atoms with Crippen LogP contribution in [0.3, 0.4) is 0 Å². The van der Waals surface area contributed by atoms with Crippen molar-refractivity contribution in [3.63, 3.8) is 0 Å². The van der Waals surface area contributed by atoms with Crippen molar-refractivity contribution >= 4 is 34.0 Å². The fourth-order valence-corrected chi connectivity index (χ4v) is 4.47. The molecule has 1 N–H and O–H groups in total.